The average molecular weight is 273 g/mol. The van der Waals surface area contributed by atoms with Crippen LogP contribution in [0, 0.1) is 0 Å². The van der Waals surface area contributed by atoms with Crippen molar-refractivity contribution >= 4 is 30.3 Å². The van der Waals surface area contributed by atoms with Crippen molar-refractivity contribution in [2.45, 2.75) is 18.5 Å². The number of piperidine rings is 1. The van der Waals surface area contributed by atoms with Crippen LogP contribution in [0.5, 0.6) is 0 Å². The molecule has 4 N–H and O–H groups in total. The Balaban J connectivity index is 2.31. The molecule has 1 heterocycles. The van der Waals surface area contributed by atoms with Crippen molar-refractivity contribution in [1.29, 1.82) is 0 Å². The first-order valence-electron chi connectivity index (χ1n) is 3.25. The molecule has 60 valence electrons. The van der Waals surface area contributed by atoms with Gasteiger partial charge in [0.2, 0.25) is 0 Å². The van der Waals surface area contributed by atoms with Gasteiger partial charge in [0.15, 0.2) is 0 Å². The third-order valence-electron chi connectivity index (χ3n) is 1.75. The zero-order valence-corrected chi connectivity index (χ0v) is 8.69. The van der Waals surface area contributed by atoms with Gasteiger partial charge in [0.05, 0.1) is 5.66 Å². The molecule has 0 aromatic carbocycles. The molecule has 10 heavy (non-hydrogen) atoms. The van der Waals surface area contributed by atoms with Gasteiger partial charge in [0.1, 0.15) is 0 Å². The first-order valence-corrected chi connectivity index (χ1v) is 6.57. The number of hydrogen-bond donors (Lipinski definition) is 2. The summed E-state index contributed by atoms with van der Waals surface area (Å²) in [5.41, 5.74) is 11.1. The van der Waals surface area contributed by atoms with Crippen molar-refractivity contribution in [3.05, 3.63) is 0 Å². The minimum absolute atomic E-state index is 0.400. The number of hydrogen-bond acceptors (Lipinski definition) is 4. The van der Waals surface area contributed by atoms with Gasteiger partial charge in [-0.1, -0.05) is 0 Å². The largest absolute Gasteiger partial charge is 0.313 e. The van der Waals surface area contributed by atoms with Gasteiger partial charge in [-0.05, 0) is 22.0 Å². The van der Waals surface area contributed by atoms with E-state index >= 15 is 0 Å². The van der Waals surface area contributed by atoms with E-state index in [1.807, 2.05) is 0 Å². The molecule has 0 aromatic rings. The predicted molar refractivity (Wildman–Crippen MR) is 53.5 cm³/mol. The SMILES string of the molecule is NC1(N)CCN(SI)CC1. The van der Waals surface area contributed by atoms with Crippen LogP contribution in [0.25, 0.3) is 0 Å². The molecule has 0 unspecified atom stereocenters. The highest BCUT2D eigenvalue weighted by Crippen LogP contribution is 2.24. The molecule has 1 aliphatic heterocycles. The van der Waals surface area contributed by atoms with E-state index < -0.39 is 5.66 Å². The normalized spacial score (nSPS) is 26.7. The van der Waals surface area contributed by atoms with Crippen LogP contribution < -0.4 is 11.5 Å². The molecule has 1 rings (SSSR count). The lowest BCUT2D eigenvalue weighted by Crippen LogP contribution is -2.55. The maximum absolute atomic E-state index is 5.73. The molecular formula is C5H12IN3S. The lowest BCUT2D eigenvalue weighted by atomic mass is 10.0. The van der Waals surface area contributed by atoms with Crippen molar-refractivity contribution in [1.82, 2.24) is 4.31 Å². The monoisotopic (exact) mass is 273 g/mol. The van der Waals surface area contributed by atoms with E-state index in [2.05, 4.69) is 25.5 Å². The van der Waals surface area contributed by atoms with Gasteiger partial charge in [0, 0.05) is 34.3 Å². The molecule has 1 aliphatic rings. The van der Waals surface area contributed by atoms with Crippen LogP contribution in [-0.2, 0) is 0 Å². The average Bonchev–Trinajstić information content (AvgIpc) is 1.88. The van der Waals surface area contributed by atoms with E-state index in [0.29, 0.717) is 0 Å². The topological polar surface area (TPSA) is 55.3 Å². The van der Waals surface area contributed by atoms with Crippen molar-refractivity contribution in [3.8, 4) is 0 Å². The molecular weight excluding hydrogens is 261 g/mol. The van der Waals surface area contributed by atoms with E-state index in [9.17, 15) is 0 Å². The molecule has 0 spiro atoms. The second kappa shape index (κ2) is 3.57. The zero-order valence-electron chi connectivity index (χ0n) is 5.72. The molecule has 0 aliphatic carbocycles. The summed E-state index contributed by atoms with van der Waals surface area (Å²) >= 11 is 2.28. The first-order chi connectivity index (χ1) is 4.64. The minimum Gasteiger partial charge on any atom is -0.313 e. The lowest BCUT2D eigenvalue weighted by Gasteiger charge is -2.34. The van der Waals surface area contributed by atoms with Crippen LogP contribution in [0.2, 0.25) is 0 Å². The molecule has 5 heteroatoms. The van der Waals surface area contributed by atoms with Gasteiger partial charge in [0.25, 0.3) is 0 Å². The number of rotatable bonds is 1. The first kappa shape index (κ1) is 9.05. The molecule has 0 bridgehead atoms. The number of halogens is 1. The second-order valence-electron chi connectivity index (χ2n) is 2.73. The molecule has 0 atom stereocenters. The highest BCUT2D eigenvalue weighted by Gasteiger charge is 2.25. The molecule has 0 saturated carbocycles. The van der Waals surface area contributed by atoms with Gasteiger partial charge in [-0.15, -0.1) is 0 Å². The van der Waals surface area contributed by atoms with Crippen molar-refractivity contribution in [2.75, 3.05) is 13.1 Å². The van der Waals surface area contributed by atoms with Crippen LogP contribution in [0.3, 0.4) is 0 Å². The summed E-state index contributed by atoms with van der Waals surface area (Å²) in [6.45, 7) is 2.03. The fourth-order valence-corrected chi connectivity index (χ4v) is 2.47. The smallest absolute Gasteiger partial charge is 0.0662 e. The van der Waals surface area contributed by atoms with Crippen molar-refractivity contribution in [2.24, 2.45) is 11.5 Å². The lowest BCUT2D eigenvalue weighted by molar-refractivity contribution is 0.256. The summed E-state index contributed by atoms with van der Waals surface area (Å²) in [4.78, 5) is 0. The van der Waals surface area contributed by atoms with E-state index in [1.165, 1.54) is 0 Å². The van der Waals surface area contributed by atoms with E-state index in [4.69, 9.17) is 11.5 Å². The Morgan fingerprint density at radius 3 is 2.20 bits per heavy atom. The van der Waals surface area contributed by atoms with Crippen LogP contribution in [0.4, 0.5) is 0 Å². The predicted octanol–water partition coefficient (Wildman–Crippen LogP) is 0.694. The molecule has 1 saturated heterocycles. The van der Waals surface area contributed by atoms with Gasteiger partial charge in [-0.3, -0.25) is 0 Å². The third kappa shape index (κ3) is 2.54. The van der Waals surface area contributed by atoms with Crippen LogP contribution in [0.1, 0.15) is 12.8 Å². The van der Waals surface area contributed by atoms with Gasteiger partial charge >= 0.3 is 0 Å². The van der Waals surface area contributed by atoms with Gasteiger partial charge in [-0.2, -0.15) is 0 Å². The summed E-state index contributed by atoms with van der Waals surface area (Å²) in [6.07, 6.45) is 1.81. The Morgan fingerprint density at radius 2 is 1.80 bits per heavy atom. The molecule has 0 aromatic heterocycles. The molecule has 0 amide bonds. The van der Waals surface area contributed by atoms with Gasteiger partial charge < -0.3 is 11.5 Å². The molecule has 0 radical (unpaired) electrons. The maximum atomic E-state index is 5.73. The maximum Gasteiger partial charge on any atom is 0.0662 e. The minimum atomic E-state index is -0.400. The van der Waals surface area contributed by atoms with Crippen molar-refractivity contribution < 1.29 is 0 Å². The quantitative estimate of drug-likeness (QED) is 0.419. The van der Waals surface area contributed by atoms with Crippen LogP contribution in [0.15, 0.2) is 0 Å². The number of nitrogens with two attached hydrogens (primary N) is 2. The standard InChI is InChI=1S/C5H12IN3S/c6-10-9-3-1-5(7,8)2-4-9/h1-4,7-8H2. The molecule has 3 nitrogen and oxygen atoms in total. The summed E-state index contributed by atoms with van der Waals surface area (Å²) in [6, 6.07) is 0. The van der Waals surface area contributed by atoms with Crippen molar-refractivity contribution in [3.63, 3.8) is 0 Å². The number of nitrogens with zero attached hydrogens (tertiary/aromatic N) is 1. The fourth-order valence-electron chi connectivity index (χ4n) is 0.972. The summed E-state index contributed by atoms with van der Waals surface area (Å²) in [5, 5.41) is 0. The Morgan fingerprint density at radius 1 is 1.30 bits per heavy atom. The second-order valence-corrected chi connectivity index (χ2v) is 4.57. The highest BCUT2D eigenvalue weighted by atomic mass is 127. The van der Waals surface area contributed by atoms with E-state index in [1.54, 1.807) is 9.12 Å². The Labute approximate surface area is 77.6 Å². The Kier molecular flexibility index (Phi) is 3.23. The Hall–Kier alpha value is 0.960. The van der Waals surface area contributed by atoms with E-state index in [-0.39, 0.29) is 0 Å². The third-order valence-corrected chi connectivity index (χ3v) is 3.98. The summed E-state index contributed by atoms with van der Waals surface area (Å²) in [7, 11) is 1.74. The van der Waals surface area contributed by atoms with E-state index in [0.717, 1.165) is 25.9 Å². The Bertz CT molecular complexity index is 109. The fraction of sp³-hybridized carbons (Fsp3) is 1.00. The van der Waals surface area contributed by atoms with Crippen LogP contribution >= 0.6 is 30.3 Å². The van der Waals surface area contributed by atoms with Crippen LogP contribution in [-0.4, -0.2) is 23.1 Å². The zero-order chi connectivity index (χ0) is 7.61. The molecule has 1 fully saturated rings. The van der Waals surface area contributed by atoms with Gasteiger partial charge in [-0.25, -0.2) is 4.31 Å². The summed E-state index contributed by atoms with van der Waals surface area (Å²) < 4.78 is 2.28. The highest BCUT2D eigenvalue weighted by molar-refractivity contribution is 14.2. The summed E-state index contributed by atoms with van der Waals surface area (Å²) in [5.74, 6) is 0.